The molecule has 24 heavy (non-hydrogen) atoms. The number of ether oxygens (including phenoxy) is 2. The Bertz CT molecular complexity index is 707. The molecule has 2 aromatic carbocycles. The molecule has 0 fully saturated rings. The van der Waals surface area contributed by atoms with Gasteiger partial charge in [-0.2, -0.15) is 0 Å². The molecule has 0 aromatic heterocycles. The summed E-state index contributed by atoms with van der Waals surface area (Å²) in [5, 5.41) is 0. The summed E-state index contributed by atoms with van der Waals surface area (Å²) in [6, 6.07) is 15.8. The van der Waals surface area contributed by atoms with Crippen LogP contribution in [-0.2, 0) is 9.47 Å². The Morgan fingerprint density at radius 1 is 1.08 bits per heavy atom. The quantitative estimate of drug-likeness (QED) is 0.498. The maximum absolute atomic E-state index is 11.6. The lowest BCUT2D eigenvalue weighted by Crippen LogP contribution is -2.07. The molecule has 0 aliphatic carbocycles. The Kier molecular flexibility index (Phi) is 6.62. The molecule has 0 amide bonds. The lowest BCUT2D eigenvalue weighted by atomic mass is 9.82. The predicted molar refractivity (Wildman–Crippen MR) is 99.2 cm³/mol. The van der Waals surface area contributed by atoms with Gasteiger partial charge in [-0.3, -0.25) is 0 Å². The van der Waals surface area contributed by atoms with E-state index in [1.807, 2.05) is 24.3 Å². The average Bonchev–Trinajstić information content (AvgIpc) is 2.61. The van der Waals surface area contributed by atoms with Crippen LogP contribution in [0.15, 0.2) is 65.3 Å². The summed E-state index contributed by atoms with van der Waals surface area (Å²) < 4.78 is 10.9. The summed E-state index contributed by atoms with van der Waals surface area (Å²) >= 11 is 3.53. The first-order valence-corrected chi connectivity index (χ1v) is 8.49. The predicted octanol–water partition coefficient (Wildman–Crippen LogP) is 5.28. The summed E-state index contributed by atoms with van der Waals surface area (Å²) in [7, 11) is 3.03. The van der Waals surface area contributed by atoms with Gasteiger partial charge in [0.05, 0.1) is 26.0 Å². The molecule has 0 bridgehead atoms. The monoisotopic (exact) mass is 388 g/mol. The van der Waals surface area contributed by atoms with Crippen molar-refractivity contribution in [2.24, 2.45) is 0 Å². The van der Waals surface area contributed by atoms with Gasteiger partial charge in [-0.1, -0.05) is 47.1 Å². The highest BCUT2D eigenvalue weighted by molar-refractivity contribution is 9.10. The Morgan fingerprint density at radius 2 is 1.79 bits per heavy atom. The van der Waals surface area contributed by atoms with Crippen molar-refractivity contribution in [3.8, 4) is 0 Å². The maximum Gasteiger partial charge on any atom is 0.337 e. The zero-order valence-corrected chi connectivity index (χ0v) is 15.6. The zero-order chi connectivity index (χ0) is 17.5. The molecule has 0 heterocycles. The fourth-order valence-electron chi connectivity index (χ4n) is 2.69. The first kappa shape index (κ1) is 18.3. The van der Waals surface area contributed by atoms with Gasteiger partial charge in [-0.25, -0.2) is 4.79 Å². The molecule has 4 heteroatoms. The standard InChI is InChI=1S/C20H21BrO3/c1-14(15-7-9-16(10-8-15)20(22)24-3)19(11-12-23-2)17-5-4-6-18(21)13-17/h4-14,19H,1-3H3/b12-11+. The van der Waals surface area contributed by atoms with Crippen LogP contribution in [0, 0.1) is 0 Å². The number of hydrogen-bond donors (Lipinski definition) is 0. The zero-order valence-electron chi connectivity index (χ0n) is 14.0. The molecule has 0 radical (unpaired) electrons. The Hall–Kier alpha value is -2.07. The van der Waals surface area contributed by atoms with Crippen molar-refractivity contribution in [2.45, 2.75) is 18.8 Å². The van der Waals surface area contributed by atoms with Crippen LogP contribution < -0.4 is 0 Å². The van der Waals surface area contributed by atoms with E-state index in [9.17, 15) is 4.79 Å². The second-order valence-corrected chi connectivity index (χ2v) is 6.46. The van der Waals surface area contributed by atoms with Gasteiger partial charge in [-0.05, 0) is 47.4 Å². The maximum atomic E-state index is 11.6. The van der Waals surface area contributed by atoms with Crippen LogP contribution in [0.3, 0.4) is 0 Å². The van der Waals surface area contributed by atoms with E-state index >= 15 is 0 Å². The number of rotatable bonds is 6. The Morgan fingerprint density at radius 3 is 2.38 bits per heavy atom. The van der Waals surface area contributed by atoms with Gasteiger partial charge in [0.1, 0.15) is 0 Å². The third-order valence-corrected chi connectivity index (χ3v) is 4.55. The van der Waals surface area contributed by atoms with Crippen molar-refractivity contribution in [3.05, 3.63) is 82.0 Å². The van der Waals surface area contributed by atoms with Gasteiger partial charge in [0.25, 0.3) is 0 Å². The van der Waals surface area contributed by atoms with Gasteiger partial charge in [0.15, 0.2) is 0 Å². The molecular formula is C20H21BrO3. The van der Waals surface area contributed by atoms with Gasteiger partial charge in [0.2, 0.25) is 0 Å². The van der Waals surface area contributed by atoms with E-state index in [-0.39, 0.29) is 17.8 Å². The first-order valence-electron chi connectivity index (χ1n) is 7.70. The molecule has 0 saturated heterocycles. The van der Waals surface area contributed by atoms with E-state index in [2.05, 4.69) is 41.1 Å². The summed E-state index contributed by atoms with van der Waals surface area (Å²) in [5.74, 6) is 0.0563. The normalized spacial score (nSPS) is 13.5. The number of carbonyl (C=O) groups is 1. The van der Waals surface area contributed by atoms with Crippen molar-refractivity contribution in [1.29, 1.82) is 0 Å². The van der Waals surface area contributed by atoms with Crippen LogP contribution >= 0.6 is 15.9 Å². The lowest BCUT2D eigenvalue weighted by molar-refractivity contribution is 0.0600. The van der Waals surface area contributed by atoms with Gasteiger partial charge in [0, 0.05) is 10.4 Å². The van der Waals surface area contributed by atoms with E-state index in [1.54, 1.807) is 25.5 Å². The molecular weight excluding hydrogens is 368 g/mol. The second-order valence-electron chi connectivity index (χ2n) is 5.55. The van der Waals surface area contributed by atoms with E-state index in [0.717, 1.165) is 10.0 Å². The van der Waals surface area contributed by atoms with Crippen LogP contribution in [-0.4, -0.2) is 20.2 Å². The number of halogens is 1. The van der Waals surface area contributed by atoms with Crippen LogP contribution in [0.25, 0.3) is 0 Å². The van der Waals surface area contributed by atoms with Crippen LogP contribution in [0.4, 0.5) is 0 Å². The molecule has 3 nitrogen and oxygen atoms in total. The number of allylic oxidation sites excluding steroid dienone is 1. The molecule has 2 aromatic rings. The van der Waals surface area contributed by atoms with E-state index in [4.69, 9.17) is 9.47 Å². The van der Waals surface area contributed by atoms with Crippen molar-refractivity contribution < 1.29 is 14.3 Å². The number of hydrogen-bond acceptors (Lipinski definition) is 3. The highest BCUT2D eigenvalue weighted by Gasteiger charge is 2.19. The SMILES string of the molecule is CO/C=C/C(c1cccc(Br)c1)C(C)c1ccc(C(=O)OC)cc1. The van der Waals surface area contributed by atoms with E-state index < -0.39 is 0 Å². The molecule has 0 aliphatic heterocycles. The van der Waals surface area contributed by atoms with Gasteiger partial charge >= 0.3 is 5.97 Å². The minimum atomic E-state index is -0.322. The summed E-state index contributed by atoms with van der Waals surface area (Å²) in [4.78, 5) is 11.6. The highest BCUT2D eigenvalue weighted by Crippen LogP contribution is 2.35. The van der Waals surface area contributed by atoms with Crippen molar-refractivity contribution in [1.82, 2.24) is 0 Å². The smallest absolute Gasteiger partial charge is 0.337 e. The molecule has 2 atom stereocenters. The average molecular weight is 389 g/mol. The van der Waals surface area contributed by atoms with E-state index in [0.29, 0.717) is 5.56 Å². The largest absolute Gasteiger partial charge is 0.505 e. The minimum Gasteiger partial charge on any atom is -0.505 e. The molecule has 2 rings (SSSR count). The first-order chi connectivity index (χ1) is 11.6. The molecule has 0 spiro atoms. The fourth-order valence-corrected chi connectivity index (χ4v) is 3.11. The number of methoxy groups -OCH3 is 2. The number of carbonyl (C=O) groups excluding carboxylic acids is 1. The molecule has 0 N–H and O–H groups in total. The second kappa shape index (κ2) is 8.69. The van der Waals surface area contributed by atoms with Crippen LogP contribution in [0.2, 0.25) is 0 Å². The fraction of sp³-hybridized carbons (Fsp3) is 0.250. The van der Waals surface area contributed by atoms with Crippen molar-refractivity contribution in [2.75, 3.05) is 14.2 Å². The summed E-state index contributed by atoms with van der Waals surface area (Å²) in [5.41, 5.74) is 2.90. The lowest BCUT2D eigenvalue weighted by Gasteiger charge is -2.22. The molecule has 0 aliphatic rings. The minimum absolute atomic E-state index is 0.159. The molecule has 0 saturated carbocycles. The van der Waals surface area contributed by atoms with Crippen LogP contribution in [0.5, 0.6) is 0 Å². The van der Waals surface area contributed by atoms with E-state index in [1.165, 1.54) is 12.7 Å². The summed E-state index contributed by atoms with van der Waals surface area (Å²) in [6.45, 7) is 2.17. The number of benzene rings is 2. The highest BCUT2D eigenvalue weighted by atomic mass is 79.9. The van der Waals surface area contributed by atoms with Crippen LogP contribution in [0.1, 0.15) is 40.2 Å². The van der Waals surface area contributed by atoms with Gasteiger partial charge in [-0.15, -0.1) is 0 Å². The Labute approximate surface area is 151 Å². The Balaban J connectivity index is 2.32. The third kappa shape index (κ3) is 4.48. The number of esters is 1. The van der Waals surface area contributed by atoms with Gasteiger partial charge < -0.3 is 9.47 Å². The topological polar surface area (TPSA) is 35.5 Å². The molecule has 126 valence electrons. The molecule has 2 unspecified atom stereocenters. The van der Waals surface area contributed by atoms with Crippen molar-refractivity contribution >= 4 is 21.9 Å². The third-order valence-electron chi connectivity index (χ3n) is 4.05. The summed E-state index contributed by atoms with van der Waals surface area (Å²) in [6.07, 6.45) is 3.77. The van der Waals surface area contributed by atoms with Crippen molar-refractivity contribution in [3.63, 3.8) is 0 Å².